The van der Waals surface area contributed by atoms with E-state index < -0.39 is 11.8 Å². The number of amides is 2. The minimum Gasteiger partial charge on any atom is -0.350 e. The highest BCUT2D eigenvalue weighted by molar-refractivity contribution is 7.11. The molecule has 1 aromatic heterocycles. The second-order valence-electron chi connectivity index (χ2n) is 6.35. The van der Waals surface area contributed by atoms with Gasteiger partial charge in [0, 0.05) is 20.6 Å². The van der Waals surface area contributed by atoms with Crippen LogP contribution in [0.1, 0.15) is 10.4 Å². The Hall–Kier alpha value is -2.31. The number of nitrogens with zero attached hydrogens (tertiary/aromatic N) is 1. The second-order valence-corrected chi connectivity index (χ2v) is 8.58. The monoisotopic (exact) mass is 462 g/mol. The minimum atomic E-state index is -0.512. The number of hydrogen-bond acceptors (Lipinski definition) is 4. The molecule has 8 heteroatoms. The molecule has 0 aliphatic carbocycles. The van der Waals surface area contributed by atoms with Gasteiger partial charge in [0.05, 0.1) is 16.3 Å². The van der Waals surface area contributed by atoms with Gasteiger partial charge in [-0.25, -0.2) is 4.90 Å². The summed E-state index contributed by atoms with van der Waals surface area (Å²) in [5.41, 5.74) is 2.20. The van der Waals surface area contributed by atoms with Gasteiger partial charge in [-0.2, -0.15) is 0 Å². The summed E-state index contributed by atoms with van der Waals surface area (Å²) in [7, 11) is 0. The van der Waals surface area contributed by atoms with E-state index in [1.54, 1.807) is 30.3 Å². The maximum atomic E-state index is 13.3. The van der Waals surface area contributed by atoms with Gasteiger partial charge in [0.2, 0.25) is 0 Å². The standard InChI is InChI=1S/C21H13Cl3N2O2S/c1-11-4-5-12(22)9-15(11)25-19-18(17-3-2-8-29-17)20(27)26(21(19)28)16-10-13(23)6-7-14(16)24/h2-10,25H,1H3. The number of hydrogen-bond donors (Lipinski definition) is 1. The van der Waals surface area contributed by atoms with Crippen molar-refractivity contribution in [3.63, 3.8) is 0 Å². The lowest BCUT2D eigenvalue weighted by molar-refractivity contribution is -0.120. The van der Waals surface area contributed by atoms with Gasteiger partial charge in [0.15, 0.2) is 0 Å². The highest BCUT2D eigenvalue weighted by Crippen LogP contribution is 2.39. The number of imide groups is 1. The van der Waals surface area contributed by atoms with Crippen LogP contribution in [0.5, 0.6) is 0 Å². The Bertz CT molecular complexity index is 1170. The first-order valence-electron chi connectivity index (χ1n) is 8.52. The first-order chi connectivity index (χ1) is 13.9. The molecule has 2 amide bonds. The van der Waals surface area contributed by atoms with Crippen molar-refractivity contribution in [1.29, 1.82) is 0 Å². The molecule has 4 rings (SSSR count). The van der Waals surface area contributed by atoms with Crippen molar-refractivity contribution in [3.05, 3.63) is 85.1 Å². The first-order valence-corrected chi connectivity index (χ1v) is 10.5. The van der Waals surface area contributed by atoms with E-state index in [2.05, 4.69) is 5.32 Å². The van der Waals surface area contributed by atoms with Crippen molar-refractivity contribution >= 4 is 74.9 Å². The fourth-order valence-electron chi connectivity index (χ4n) is 3.03. The molecule has 0 radical (unpaired) electrons. The minimum absolute atomic E-state index is 0.166. The third-order valence-corrected chi connectivity index (χ3v) is 6.14. The van der Waals surface area contributed by atoms with Gasteiger partial charge in [-0.05, 0) is 54.3 Å². The number of thiophene rings is 1. The zero-order valence-electron chi connectivity index (χ0n) is 15.0. The molecule has 1 aliphatic rings. The molecule has 4 nitrogen and oxygen atoms in total. The van der Waals surface area contributed by atoms with E-state index >= 15 is 0 Å². The smallest absolute Gasteiger partial charge is 0.282 e. The topological polar surface area (TPSA) is 49.4 Å². The summed E-state index contributed by atoms with van der Waals surface area (Å²) in [5.74, 6) is -0.981. The SMILES string of the molecule is Cc1ccc(Cl)cc1NC1=C(c2cccs2)C(=O)N(c2cc(Cl)ccc2Cl)C1=O. The van der Waals surface area contributed by atoms with Crippen molar-refractivity contribution in [3.8, 4) is 0 Å². The van der Waals surface area contributed by atoms with E-state index in [0.29, 0.717) is 20.6 Å². The molecule has 2 heterocycles. The molecule has 0 fully saturated rings. The maximum absolute atomic E-state index is 13.3. The van der Waals surface area contributed by atoms with Crippen LogP contribution in [0.2, 0.25) is 15.1 Å². The first kappa shape index (κ1) is 20.0. The number of anilines is 2. The Morgan fingerprint density at radius 2 is 1.66 bits per heavy atom. The Balaban J connectivity index is 1.85. The van der Waals surface area contributed by atoms with Crippen LogP contribution < -0.4 is 10.2 Å². The van der Waals surface area contributed by atoms with Gasteiger partial charge in [0.25, 0.3) is 11.8 Å². The lowest BCUT2D eigenvalue weighted by Crippen LogP contribution is -2.32. The summed E-state index contributed by atoms with van der Waals surface area (Å²) in [5, 5.41) is 6.10. The molecule has 0 unspecified atom stereocenters. The lowest BCUT2D eigenvalue weighted by atomic mass is 10.1. The summed E-state index contributed by atoms with van der Waals surface area (Å²) in [4.78, 5) is 28.4. The predicted molar refractivity (Wildman–Crippen MR) is 120 cm³/mol. The molecule has 0 atom stereocenters. The largest absolute Gasteiger partial charge is 0.350 e. The fraction of sp³-hybridized carbons (Fsp3) is 0.0476. The molecule has 1 aliphatic heterocycles. The molecule has 3 aromatic rings. The molecule has 1 N–H and O–H groups in total. The zero-order valence-corrected chi connectivity index (χ0v) is 18.1. The lowest BCUT2D eigenvalue weighted by Gasteiger charge is -2.17. The molecule has 0 spiro atoms. The summed E-state index contributed by atoms with van der Waals surface area (Å²) in [6, 6.07) is 13.6. The van der Waals surface area contributed by atoms with Crippen molar-refractivity contribution in [1.82, 2.24) is 0 Å². The van der Waals surface area contributed by atoms with Crippen LogP contribution in [-0.2, 0) is 9.59 Å². The van der Waals surface area contributed by atoms with Gasteiger partial charge in [-0.1, -0.05) is 46.9 Å². The van der Waals surface area contributed by atoms with E-state index in [4.69, 9.17) is 34.8 Å². The maximum Gasteiger partial charge on any atom is 0.282 e. The molecule has 0 bridgehead atoms. The average molecular weight is 464 g/mol. The van der Waals surface area contributed by atoms with Gasteiger partial charge < -0.3 is 5.32 Å². The van der Waals surface area contributed by atoms with Crippen LogP contribution in [-0.4, -0.2) is 11.8 Å². The van der Waals surface area contributed by atoms with Gasteiger partial charge >= 0.3 is 0 Å². The van der Waals surface area contributed by atoms with Crippen LogP contribution in [0.3, 0.4) is 0 Å². The second kappa shape index (κ2) is 7.84. The molecule has 2 aromatic carbocycles. The molecule has 0 saturated heterocycles. The summed E-state index contributed by atoms with van der Waals surface area (Å²) in [6.45, 7) is 1.89. The zero-order chi connectivity index (χ0) is 20.7. The van der Waals surface area contributed by atoms with Gasteiger partial charge in [-0.3, -0.25) is 9.59 Å². The van der Waals surface area contributed by atoms with Crippen molar-refractivity contribution in [2.45, 2.75) is 6.92 Å². The van der Waals surface area contributed by atoms with Gasteiger partial charge in [0.1, 0.15) is 5.70 Å². The molecule has 146 valence electrons. The quantitative estimate of drug-likeness (QED) is 0.455. The van der Waals surface area contributed by atoms with E-state index in [1.807, 2.05) is 24.4 Å². The van der Waals surface area contributed by atoms with Crippen LogP contribution in [0, 0.1) is 6.92 Å². The fourth-order valence-corrected chi connectivity index (χ4v) is 4.34. The van der Waals surface area contributed by atoms with Crippen LogP contribution >= 0.6 is 46.1 Å². The normalized spacial score (nSPS) is 14.1. The molecular formula is C21H13Cl3N2O2S. The highest BCUT2D eigenvalue weighted by atomic mass is 35.5. The molecule has 0 saturated carbocycles. The number of carbonyl (C=O) groups is 2. The van der Waals surface area contributed by atoms with Crippen LogP contribution in [0.15, 0.2) is 59.6 Å². The number of halogens is 3. The van der Waals surface area contributed by atoms with Crippen molar-refractivity contribution < 1.29 is 9.59 Å². The van der Waals surface area contributed by atoms with E-state index in [-0.39, 0.29) is 22.0 Å². The number of benzene rings is 2. The van der Waals surface area contributed by atoms with Crippen molar-refractivity contribution in [2.24, 2.45) is 0 Å². The Kier molecular flexibility index (Phi) is 5.40. The van der Waals surface area contributed by atoms with E-state index in [1.165, 1.54) is 17.4 Å². The van der Waals surface area contributed by atoms with Crippen LogP contribution in [0.4, 0.5) is 11.4 Å². The number of carbonyl (C=O) groups excluding carboxylic acids is 2. The number of nitrogens with one attached hydrogen (secondary N) is 1. The number of rotatable bonds is 4. The number of aryl methyl sites for hydroxylation is 1. The Morgan fingerprint density at radius 3 is 2.38 bits per heavy atom. The summed E-state index contributed by atoms with van der Waals surface area (Å²) < 4.78 is 0. The van der Waals surface area contributed by atoms with Crippen LogP contribution in [0.25, 0.3) is 5.57 Å². The van der Waals surface area contributed by atoms with E-state index in [0.717, 1.165) is 10.5 Å². The average Bonchev–Trinajstić information content (AvgIpc) is 3.28. The molecule has 29 heavy (non-hydrogen) atoms. The summed E-state index contributed by atoms with van der Waals surface area (Å²) >= 11 is 19.8. The molecular weight excluding hydrogens is 451 g/mol. The van der Waals surface area contributed by atoms with Crippen molar-refractivity contribution in [2.75, 3.05) is 10.2 Å². The predicted octanol–water partition coefficient (Wildman–Crippen LogP) is 6.41. The Morgan fingerprint density at radius 1 is 0.931 bits per heavy atom. The highest BCUT2D eigenvalue weighted by Gasteiger charge is 2.41. The van der Waals surface area contributed by atoms with Gasteiger partial charge in [-0.15, -0.1) is 11.3 Å². The summed E-state index contributed by atoms with van der Waals surface area (Å²) in [6.07, 6.45) is 0. The Labute approximate surface area is 186 Å². The van der Waals surface area contributed by atoms with E-state index in [9.17, 15) is 9.59 Å². The third kappa shape index (κ3) is 3.67. The third-order valence-electron chi connectivity index (χ3n) is 4.46.